The third-order valence-electron chi connectivity index (χ3n) is 2.89. The van der Waals surface area contributed by atoms with Crippen LogP contribution < -0.4 is 14.8 Å². The molecule has 0 aliphatic rings. The van der Waals surface area contributed by atoms with Crippen LogP contribution in [0.2, 0.25) is 0 Å². The molecule has 0 saturated carbocycles. The topological polar surface area (TPSA) is 30.5 Å². The summed E-state index contributed by atoms with van der Waals surface area (Å²) in [5, 5.41) is 3.22. The molecule has 1 N–H and O–H groups in total. The molecule has 0 fully saturated rings. The number of methoxy groups -OCH3 is 2. The van der Waals surface area contributed by atoms with Crippen LogP contribution in [0.3, 0.4) is 0 Å². The van der Waals surface area contributed by atoms with E-state index in [2.05, 4.69) is 21.2 Å². The molecule has 0 aromatic heterocycles. The minimum absolute atomic E-state index is 0.258. The Morgan fingerprint density at radius 3 is 2.60 bits per heavy atom. The zero-order valence-corrected chi connectivity index (χ0v) is 12.8. The van der Waals surface area contributed by atoms with Crippen molar-refractivity contribution in [1.29, 1.82) is 0 Å². The van der Waals surface area contributed by atoms with Crippen molar-refractivity contribution in [3.63, 3.8) is 0 Å². The van der Waals surface area contributed by atoms with E-state index in [4.69, 9.17) is 9.47 Å². The van der Waals surface area contributed by atoms with E-state index in [1.54, 1.807) is 26.4 Å². The van der Waals surface area contributed by atoms with Crippen molar-refractivity contribution in [2.45, 2.75) is 6.54 Å². The Morgan fingerprint density at radius 1 is 1.10 bits per heavy atom. The highest BCUT2D eigenvalue weighted by Crippen LogP contribution is 2.30. The van der Waals surface area contributed by atoms with Crippen LogP contribution in [0.1, 0.15) is 5.56 Å². The van der Waals surface area contributed by atoms with Crippen LogP contribution in [0.5, 0.6) is 11.5 Å². The van der Waals surface area contributed by atoms with Crippen molar-refractivity contribution in [3.8, 4) is 11.5 Å². The predicted octanol–water partition coefficient (Wildman–Crippen LogP) is 4.22. The van der Waals surface area contributed by atoms with Gasteiger partial charge >= 0.3 is 0 Å². The molecule has 0 aliphatic carbocycles. The Kier molecular flexibility index (Phi) is 4.84. The monoisotopic (exact) mass is 339 g/mol. The number of anilines is 1. The lowest BCUT2D eigenvalue weighted by Gasteiger charge is -2.13. The molecule has 0 spiro atoms. The van der Waals surface area contributed by atoms with Gasteiger partial charge in [-0.1, -0.05) is 15.9 Å². The summed E-state index contributed by atoms with van der Waals surface area (Å²) >= 11 is 3.40. The van der Waals surface area contributed by atoms with E-state index in [0.29, 0.717) is 12.3 Å². The van der Waals surface area contributed by atoms with E-state index in [1.165, 1.54) is 12.1 Å². The standard InChI is InChI=1S/C15H15BrFNO2/c1-19-12-4-6-14(15(8-12)20-2)18-9-10-7-11(17)3-5-13(10)16/h3-8,18H,9H2,1-2H3. The van der Waals surface area contributed by atoms with Gasteiger partial charge in [-0.2, -0.15) is 0 Å². The fraction of sp³-hybridized carbons (Fsp3) is 0.200. The first-order chi connectivity index (χ1) is 9.63. The number of benzene rings is 2. The van der Waals surface area contributed by atoms with Gasteiger partial charge in [-0.15, -0.1) is 0 Å². The number of hydrogen-bond donors (Lipinski definition) is 1. The van der Waals surface area contributed by atoms with Crippen LogP contribution in [-0.2, 0) is 6.54 Å². The Morgan fingerprint density at radius 2 is 1.90 bits per heavy atom. The molecule has 0 atom stereocenters. The summed E-state index contributed by atoms with van der Waals surface area (Å²) in [6.07, 6.45) is 0. The first-order valence-corrected chi connectivity index (χ1v) is 6.83. The lowest BCUT2D eigenvalue weighted by Crippen LogP contribution is -2.02. The quantitative estimate of drug-likeness (QED) is 0.884. The van der Waals surface area contributed by atoms with Crippen LogP contribution in [0.25, 0.3) is 0 Å². The van der Waals surface area contributed by atoms with Gasteiger partial charge in [0.05, 0.1) is 19.9 Å². The third kappa shape index (κ3) is 3.42. The molecule has 20 heavy (non-hydrogen) atoms. The molecule has 0 heterocycles. The highest BCUT2D eigenvalue weighted by Gasteiger charge is 2.06. The summed E-state index contributed by atoms with van der Waals surface area (Å²) in [5.41, 5.74) is 1.66. The first-order valence-electron chi connectivity index (χ1n) is 6.04. The molecule has 0 aliphatic heterocycles. The molecule has 0 unspecified atom stereocenters. The van der Waals surface area contributed by atoms with Crippen molar-refractivity contribution in [3.05, 3.63) is 52.3 Å². The molecule has 2 aromatic carbocycles. The van der Waals surface area contributed by atoms with Gasteiger partial charge in [0.2, 0.25) is 0 Å². The van der Waals surface area contributed by atoms with Gasteiger partial charge in [-0.05, 0) is 35.9 Å². The minimum atomic E-state index is -0.258. The summed E-state index contributed by atoms with van der Waals surface area (Å²) < 4.78 is 24.5. The van der Waals surface area contributed by atoms with E-state index >= 15 is 0 Å². The number of nitrogens with one attached hydrogen (secondary N) is 1. The Hall–Kier alpha value is -1.75. The van der Waals surface area contributed by atoms with E-state index in [1.807, 2.05) is 12.1 Å². The zero-order valence-electron chi connectivity index (χ0n) is 11.2. The van der Waals surface area contributed by atoms with Crippen molar-refractivity contribution >= 4 is 21.6 Å². The largest absolute Gasteiger partial charge is 0.497 e. The van der Waals surface area contributed by atoms with E-state index in [9.17, 15) is 4.39 Å². The van der Waals surface area contributed by atoms with Crippen molar-refractivity contribution in [1.82, 2.24) is 0 Å². The maximum absolute atomic E-state index is 13.2. The van der Waals surface area contributed by atoms with Crippen LogP contribution in [-0.4, -0.2) is 14.2 Å². The second kappa shape index (κ2) is 6.61. The number of halogens is 2. The molecule has 2 aromatic rings. The van der Waals surface area contributed by atoms with Gasteiger partial charge in [-0.25, -0.2) is 4.39 Å². The van der Waals surface area contributed by atoms with Crippen LogP contribution >= 0.6 is 15.9 Å². The maximum Gasteiger partial charge on any atom is 0.145 e. The summed E-state index contributed by atoms with van der Waals surface area (Å²) in [6, 6.07) is 10.1. The number of rotatable bonds is 5. The fourth-order valence-corrected chi connectivity index (χ4v) is 2.20. The molecular formula is C15H15BrFNO2. The maximum atomic E-state index is 13.2. The molecule has 0 saturated heterocycles. The van der Waals surface area contributed by atoms with Crippen LogP contribution in [0.15, 0.2) is 40.9 Å². The summed E-state index contributed by atoms with van der Waals surface area (Å²) in [5.74, 6) is 1.14. The predicted molar refractivity (Wildman–Crippen MR) is 81.0 cm³/mol. The Bertz CT molecular complexity index is 604. The van der Waals surface area contributed by atoms with Crippen molar-refractivity contribution < 1.29 is 13.9 Å². The molecular weight excluding hydrogens is 325 g/mol. The number of hydrogen-bond acceptors (Lipinski definition) is 3. The highest BCUT2D eigenvalue weighted by molar-refractivity contribution is 9.10. The van der Waals surface area contributed by atoms with E-state index < -0.39 is 0 Å². The van der Waals surface area contributed by atoms with Gasteiger partial charge in [0.1, 0.15) is 17.3 Å². The Labute approximate surface area is 125 Å². The lowest BCUT2D eigenvalue weighted by molar-refractivity contribution is 0.395. The second-order valence-corrected chi connectivity index (χ2v) is 5.01. The van der Waals surface area contributed by atoms with Gasteiger partial charge in [0.15, 0.2) is 0 Å². The third-order valence-corrected chi connectivity index (χ3v) is 3.66. The lowest BCUT2D eigenvalue weighted by atomic mass is 10.2. The van der Waals surface area contributed by atoms with Crippen LogP contribution in [0, 0.1) is 5.82 Å². The molecule has 0 bridgehead atoms. The second-order valence-electron chi connectivity index (χ2n) is 4.16. The smallest absolute Gasteiger partial charge is 0.145 e. The zero-order chi connectivity index (χ0) is 14.5. The van der Waals surface area contributed by atoms with E-state index in [-0.39, 0.29) is 5.82 Å². The van der Waals surface area contributed by atoms with Gasteiger partial charge in [-0.3, -0.25) is 0 Å². The molecule has 0 radical (unpaired) electrons. The highest BCUT2D eigenvalue weighted by atomic mass is 79.9. The van der Waals surface area contributed by atoms with Crippen molar-refractivity contribution in [2.75, 3.05) is 19.5 Å². The van der Waals surface area contributed by atoms with Gasteiger partial charge < -0.3 is 14.8 Å². The minimum Gasteiger partial charge on any atom is -0.497 e. The summed E-state index contributed by atoms with van der Waals surface area (Å²) in [6.45, 7) is 0.487. The molecule has 2 rings (SSSR count). The van der Waals surface area contributed by atoms with E-state index in [0.717, 1.165) is 21.5 Å². The summed E-state index contributed by atoms with van der Waals surface area (Å²) in [4.78, 5) is 0. The average Bonchev–Trinajstić information content (AvgIpc) is 2.48. The molecule has 106 valence electrons. The van der Waals surface area contributed by atoms with Crippen molar-refractivity contribution in [2.24, 2.45) is 0 Å². The average molecular weight is 340 g/mol. The summed E-state index contributed by atoms with van der Waals surface area (Å²) in [7, 11) is 3.20. The molecule has 3 nitrogen and oxygen atoms in total. The van der Waals surface area contributed by atoms with Gasteiger partial charge in [0.25, 0.3) is 0 Å². The molecule has 5 heteroatoms. The molecule has 0 amide bonds. The fourth-order valence-electron chi connectivity index (χ4n) is 1.81. The normalized spacial score (nSPS) is 10.2. The Balaban J connectivity index is 2.16. The van der Waals surface area contributed by atoms with Crippen LogP contribution in [0.4, 0.5) is 10.1 Å². The first kappa shape index (κ1) is 14.7. The number of ether oxygens (including phenoxy) is 2. The van der Waals surface area contributed by atoms with Gasteiger partial charge in [0, 0.05) is 17.1 Å². The SMILES string of the molecule is COc1ccc(NCc2cc(F)ccc2Br)c(OC)c1.